The zero-order valence-corrected chi connectivity index (χ0v) is 20.6. The molecule has 0 radical (unpaired) electrons. The number of likely N-dealkylation sites (tertiary alicyclic amines) is 2. The van der Waals surface area contributed by atoms with E-state index in [1.807, 2.05) is 37.2 Å². The number of aryl methyl sites for hydroxylation is 2. The summed E-state index contributed by atoms with van der Waals surface area (Å²) < 4.78 is 2.03. The first-order valence-electron chi connectivity index (χ1n) is 12.2. The maximum absolute atomic E-state index is 13.1. The SMILES string of the molecule is CCn1c(-c2cnc(C)nc2)nc2c(N[C@H]3CCN(C(=O)C4CC(=O)N(C(C)C)C4)C3)ncnc21. The Morgan fingerprint density at radius 3 is 2.63 bits per heavy atom. The minimum atomic E-state index is -0.256. The molecule has 0 bridgehead atoms. The molecular weight excluding hydrogens is 446 g/mol. The first-order chi connectivity index (χ1) is 16.9. The lowest BCUT2D eigenvalue weighted by atomic mass is 10.1. The van der Waals surface area contributed by atoms with Gasteiger partial charge in [-0.1, -0.05) is 0 Å². The number of carbonyl (C=O) groups excluding carboxylic acids is 2. The number of hydrogen-bond acceptors (Lipinski definition) is 8. The summed E-state index contributed by atoms with van der Waals surface area (Å²) in [7, 11) is 0. The summed E-state index contributed by atoms with van der Waals surface area (Å²) >= 11 is 0. The minimum absolute atomic E-state index is 0.0493. The van der Waals surface area contributed by atoms with E-state index >= 15 is 0 Å². The lowest BCUT2D eigenvalue weighted by Crippen LogP contribution is -2.38. The van der Waals surface area contributed by atoms with Crippen molar-refractivity contribution in [1.29, 1.82) is 0 Å². The van der Waals surface area contributed by atoms with Crippen molar-refractivity contribution in [2.24, 2.45) is 5.92 Å². The molecule has 11 nitrogen and oxygen atoms in total. The molecule has 2 atom stereocenters. The highest BCUT2D eigenvalue weighted by Crippen LogP contribution is 2.28. The first kappa shape index (κ1) is 23.1. The van der Waals surface area contributed by atoms with E-state index in [2.05, 4.69) is 25.3 Å². The van der Waals surface area contributed by atoms with Gasteiger partial charge < -0.3 is 19.7 Å². The standard InChI is InChI=1S/C24H31N9O2/c1-5-32-22(17-9-25-15(4)26-10-17)30-20-21(27-13-28-23(20)32)29-18-6-7-31(12-18)24(35)16-8-19(34)33(11-16)14(2)3/h9-10,13-14,16,18H,5-8,11-12H2,1-4H3,(H,27,28,29)/t16?,18-/m0/s1. The average Bonchev–Trinajstić information content (AvgIpc) is 3.56. The molecular formula is C24H31N9O2. The molecule has 1 unspecified atom stereocenters. The lowest BCUT2D eigenvalue weighted by Gasteiger charge is -2.23. The second-order valence-electron chi connectivity index (χ2n) is 9.55. The van der Waals surface area contributed by atoms with Gasteiger partial charge >= 0.3 is 0 Å². The summed E-state index contributed by atoms with van der Waals surface area (Å²) in [5, 5.41) is 3.49. The fourth-order valence-electron chi connectivity index (χ4n) is 5.00. The molecule has 3 aromatic heterocycles. The summed E-state index contributed by atoms with van der Waals surface area (Å²) in [6, 6.07) is 0.168. The highest BCUT2D eigenvalue weighted by atomic mass is 16.2. The third-order valence-electron chi connectivity index (χ3n) is 6.86. The first-order valence-corrected chi connectivity index (χ1v) is 12.2. The molecule has 2 fully saturated rings. The normalized spacial score (nSPS) is 20.4. The number of aromatic nitrogens is 6. The highest BCUT2D eigenvalue weighted by molar-refractivity contribution is 5.90. The van der Waals surface area contributed by atoms with Crippen LogP contribution in [0.2, 0.25) is 0 Å². The van der Waals surface area contributed by atoms with Crippen molar-refractivity contribution in [2.45, 2.75) is 59.2 Å². The molecule has 1 N–H and O–H groups in total. The maximum atomic E-state index is 13.1. The fraction of sp³-hybridized carbons (Fsp3) is 0.542. The van der Waals surface area contributed by atoms with Gasteiger partial charge in [0.15, 0.2) is 17.0 Å². The van der Waals surface area contributed by atoms with Crippen molar-refractivity contribution in [3.63, 3.8) is 0 Å². The zero-order chi connectivity index (χ0) is 24.7. The lowest BCUT2D eigenvalue weighted by molar-refractivity contribution is -0.134. The Balaban J connectivity index is 1.33. The smallest absolute Gasteiger partial charge is 0.228 e. The van der Waals surface area contributed by atoms with Crippen LogP contribution in [0.15, 0.2) is 18.7 Å². The molecule has 2 aliphatic rings. The average molecular weight is 478 g/mol. The van der Waals surface area contributed by atoms with Crippen LogP contribution in [0, 0.1) is 12.8 Å². The van der Waals surface area contributed by atoms with Crippen LogP contribution in [-0.4, -0.2) is 82.8 Å². The van der Waals surface area contributed by atoms with Gasteiger partial charge in [-0.2, -0.15) is 0 Å². The van der Waals surface area contributed by atoms with Crippen LogP contribution >= 0.6 is 0 Å². The molecule has 5 heterocycles. The van der Waals surface area contributed by atoms with Gasteiger partial charge in [-0.25, -0.2) is 24.9 Å². The van der Waals surface area contributed by atoms with Crippen molar-refractivity contribution >= 4 is 28.8 Å². The molecule has 2 saturated heterocycles. The van der Waals surface area contributed by atoms with E-state index < -0.39 is 0 Å². The van der Waals surface area contributed by atoms with Gasteiger partial charge in [0.1, 0.15) is 18.0 Å². The summed E-state index contributed by atoms with van der Waals surface area (Å²) in [5.41, 5.74) is 2.24. The van der Waals surface area contributed by atoms with Crippen LogP contribution in [-0.2, 0) is 16.1 Å². The molecule has 2 aliphatic heterocycles. The van der Waals surface area contributed by atoms with Crippen molar-refractivity contribution in [3.05, 3.63) is 24.5 Å². The van der Waals surface area contributed by atoms with Crippen molar-refractivity contribution < 1.29 is 9.59 Å². The predicted molar refractivity (Wildman–Crippen MR) is 130 cm³/mol. The number of carbonyl (C=O) groups is 2. The van der Waals surface area contributed by atoms with Crippen LogP contribution in [0.5, 0.6) is 0 Å². The van der Waals surface area contributed by atoms with Crippen molar-refractivity contribution in [2.75, 3.05) is 25.0 Å². The van der Waals surface area contributed by atoms with Gasteiger partial charge in [0, 0.05) is 57.1 Å². The van der Waals surface area contributed by atoms with Crippen LogP contribution in [0.25, 0.3) is 22.6 Å². The number of imidazole rings is 1. The van der Waals surface area contributed by atoms with Crippen LogP contribution in [0.1, 0.15) is 39.4 Å². The maximum Gasteiger partial charge on any atom is 0.228 e. The van der Waals surface area contributed by atoms with E-state index in [9.17, 15) is 9.59 Å². The second-order valence-corrected chi connectivity index (χ2v) is 9.55. The Kier molecular flexibility index (Phi) is 6.08. The third kappa shape index (κ3) is 4.30. The Bertz CT molecular complexity index is 1250. The molecule has 0 saturated carbocycles. The molecule has 11 heteroatoms. The Morgan fingerprint density at radius 1 is 1.17 bits per heavy atom. The number of hydrogen-bond donors (Lipinski definition) is 1. The quantitative estimate of drug-likeness (QED) is 0.571. The Labute approximate surface area is 204 Å². The summed E-state index contributed by atoms with van der Waals surface area (Å²) in [4.78, 5) is 51.4. The van der Waals surface area contributed by atoms with E-state index in [1.165, 1.54) is 6.33 Å². The molecule has 0 aromatic carbocycles. The highest BCUT2D eigenvalue weighted by Gasteiger charge is 2.39. The molecule has 0 spiro atoms. The summed E-state index contributed by atoms with van der Waals surface area (Å²) in [5.74, 6) is 1.98. The molecule has 5 rings (SSSR count). The number of nitrogens with one attached hydrogen (secondary N) is 1. The molecule has 184 valence electrons. The van der Waals surface area contributed by atoms with E-state index in [0.717, 1.165) is 23.5 Å². The minimum Gasteiger partial charge on any atom is -0.364 e. The van der Waals surface area contributed by atoms with Crippen LogP contribution in [0.4, 0.5) is 5.82 Å². The van der Waals surface area contributed by atoms with E-state index in [-0.39, 0.29) is 29.8 Å². The van der Waals surface area contributed by atoms with E-state index in [1.54, 1.807) is 17.3 Å². The molecule has 3 aromatic rings. The van der Waals surface area contributed by atoms with Gasteiger partial charge in [0.25, 0.3) is 0 Å². The van der Waals surface area contributed by atoms with Crippen LogP contribution in [0.3, 0.4) is 0 Å². The predicted octanol–water partition coefficient (Wildman–Crippen LogP) is 1.88. The van der Waals surface area contributed by atoms with Gasteiger partial charge in [0.05, 0.1) is 11.5 Å². The third-order valence-corrected chi connectivity index (χ3v) is 6.86. The van der Waals surface area contributed by atoms with Crippen molar-refractivity contribution in [3.8, 4) is 11.4 Å². The molecule has 35 heavy (non-hydrogen) atoms. The fourth-order valence-corrected chi connectivity index (χ4v) is 5.00. The molecule has 0 aliphatic carbocycles. The summed E-state index contributed by atoms with van der Waals surface area (Å²) in [6.45, 7) is 10.3. The zero-order valence-electron chi connectivity index (χ0n) is 20.6. The van der Waals surface area contributed by atoms with Gasteiger partial charge in [0.2, 0.25) is 11.8 Å². The molecule has 2 amide bonds. The number of anilines is 1. The number of fused-ring (bicyclic) bond motifs is 1. The van der Waals surface area contributed by atoms with Crippen LogP contribution < -0.4 is 5.32 Å². The van der Waals surface area contributed by atoms with Gasteiger partial charge in [-0.3, -0.25) is 9.59 Å². The topological polar surface area (TPSA) is 122 Å². The van der Waals surface area contributed by atoms with Crippen molar-refractivity contribution in [1.82, 2.24) is 39.3 Å². The van der Waals surface area contributed by atoms with Gasteiger partial charge in [-0.05, 0) is 34.1 Å². The van der Waals surface area contributed by atoms with E-state index in [0.29, 0.717) is 49.8 Å². The second kappa shape index (κ2) is 9.20. The number of amides is 2. The Hall–Kier alpha value is -3.63. The van der Waals surface area contributed by atoms with E-state index in [4.69, 9.17) is 4.98 Å². The largest absolute Gasteiger partial charge is 0.364 e. The number of rotatable bonds is 6. The summed E-state index contributed by atoms with van der Waals surface area (Å²) in [6.07, 6.45) is 6.18. The van der Waals surface area contributed by atoms with Gasteiger partial charge in [-0.15, -0.1) is 0 Å². The monoisotopic (exact) mass is 477 g/mol. The number of nitrogens with zero attached hydrogens (tertiary/aromatic N) is 8. The Morgan fingerprint density at radius 2 is 1.94 bits per heavy atom.